The van der Waals surface area contributed by atoms with Gasteiger partial charge in [-0.05, 0) is 49.8 Å². The van der Waals surface area contributed by atoms with Crippen LogP contribution in [0.4, 0.5) is 4.39 Å². The summed E-state index contributed by atoms with van der Waals surface area (Å²) in [5.74, 6) is 0.316. The zero-order valence-electron chi connectivity index (χ0n) is 14.9. The number of oxazole rings is 1. The molecule has 2 aliphatic rings. The molecule has 0 atom stereocenters. The van der Waals surface area contributed by atoms with Gasteiger partial charge in [-0.15, -0.1) is 0 Å². The summed E-state index contributed by atoms with van der Waals surface area (Å²) in [6, 6.07) is 7.10. The van der Waals surface area contributed by atoms with Crippen molar-refractivity contribution in [1.82, 2.24) is 14.8 Å². The number of aromatic nitrogens is 1. The Bertz CT molecular complexity index is 749. The summed E-state index contributed by atoms with van der Waals surface area (Å²) < 4.78 is 18.7. The SMILES string of the molecule is O=C(c1coc(CN(Cc2ccc(F)cc2)C2CC2)n1)N1CCCCC1. The highest BCUT2D eigenvalue weighted by molar-refractivity contribution is 5.92. The van der Waals surface area contributed by atoms with Crippen LogP contribution in [-0.2, 0) is 13.1 Å². The second-order valence-corrected chi connectivity index (χ2v) is 7.24. The number of likely N-dealkylation sites (tertiary alicyclic amines) is 1. The molecule has 0 radical (unpaired) electrons. The summed E-state index contributed by atoms with van der Waals surface area (Å²) in [4.78, 5) is 21.1. The molecule has 26 heavy (non-hydrogen) atoms. The molecule has 1 amide bonds. The van der Waals surface area contributed by atoms with Gasteiger partial charge in [0.05, 0.1) is 6.54 Å². The molecule has 1 aliphatic carbocycles. The van der Waals surface area contributed by atoms with Gasteiger partial charge in [0.2, 0.25) is 5.89 Å². The molecule has 1 saturated carbocycles. The van der Waals surface area contributed by atoms with Crippen LogP contribution < -0.4 is 0 Å². The van der Waals surface area contributed by atoms with Gasteiger partial charge in [0.15, 0.2) is 5.69 Å². The minimum atomic E-state index is -0.222. The number of piperidine rings is 1. The Kier molecular flexibility index (Phi) is 5.02. The Morgan fingerprint density at radius 2 is 1.88 bits per heavy atom. The zero-order chi connectivity index (χ0) is 17.9. The molecule has 1 aromatic heterocycles. The summed E-state index contributed by atoms with van der Waals surface area (Å²) in [6.07, 6.45) is 7.10. The number of benzene rings is 1. The Morgan fingerprint density at radius 3 is 2.58 bits per heavy atom. The van der Waals surface area contributed by atoms with Crippen LogP contribution in [0.2, 0.25) is 0 Å². The molecular formula is C20H24FN3O2. The first-order valence-corrected chi connectivity index (χ1v) is 9.41. The number of rotatable bonds is 6. The molecular weight excluding hydrogens is 333 g/mol. The molecule has 5 nitrogen and oxygen atoms in total. The molecule has 2 heterocycles. The van der Waals surface area contributed by atoms with Crippen molar-refractivity contribution in [3.05, 3.63) is 53.5 Å². The monoisotopic (exact) mass is 357 g/mol. The quantitative estimate of drug-likeness (QED) is 0.793. The van der Waals surface area contributed by atoms with Gasteiger partial charge in [-0.2, -0.15) is 0 Å². The normalized spacial score (nSPS) is 17.7. The first-order valence-electron chi connectivity index (χ1n) is 9.41. The summed E-state index contributed by atoms with van der Waals surface area (Å²) in [6.45, 7) is 2.90. The van der Waals surface area contributed by atoms with E-state index in [-0.39, 0.29) is 11.7 Å². The van der Waals surface area contributed by atoms with E-state index in [1.54, 1.807) is 0 Å². The first kappa shape index (κ1) is 17.2. The molecule has 1 saturated heterocycles. The fraction of sp³-hybridized carbons (Fsp3) is 0.500. The Balaban J connectivity index is 1.41. The summed E-state index contributed by atoms with van der Waals surface area (Å²) in [5.41, 5.74) is 1.47. The molecule has 0 bridgehead atoms. The van der Waals surface area contributed by atoms with E-state index in [0.717, 1.165) is 50.9 Å². The van der Waals surface area contributed by atoms with Crippen molar-refractivity contribution in [3.63, 3.8) is 0 Å². The summed E-state index contributed by atoms with van der Waals surface area (Å²) in [5, 5.41) is 0. The Morgan fingerprint density at radius 1 is 1.15 bits per heavy atom. The number of hydrogen-bond donors (Lipinski definition) is 0. The molecule has 1 aromatic carbocycles. The molecule has 1 aliphatic heterocycles. The fourth-order valence-electron chi connectivity index (χ4n) is 3.49. The number of halogens is 1. The van der Waals surface area contributed by atoms with E-state index in [1.165, 1.54) is 24.8 Å². The van der Waals surface area contributed by atoms with E-state index in [0.29, 0.717) is 24.2 Å². The van der Waals surface area contributed by atoms with Crippen molar-refractivity contribution < 1.29 is 13.6 Å². The third-order valence-electron chi connectivity index (χ3n) is 5.11. The first-order chi connectivity index (χ1) is 12.7. The summed E-state index contributed by atoms with van der Waals surface area (Å²) in [7, 11) is 0. The molecule has 0 spiro atoms. The lowest BCUT2D eigenvalue weighted by atomic mass is 10.1. The van der Waals surface area contributed by atoms with Gasteiger partial charge in [0, 0.05) is 25.7 Å². The lowest BCUT2D eigenvalue weighted by molar-refractivity contribution is 0.0718. The lowest BCUT2D eigenvalue weighted by Gasteiger charge is -2.25. The Hall–Kier alpha value is -2.21. The highest BCUT2D eigenvalue weighted by atomic mass is 19.1. The Labute approximate surface area is 152 Å². The number of amides is 1. The van der Waals surface area contributed by atoms with Gasteiger partial charge >= 0.3 is 0 Å². The topological polar surface area (TPSA) is 49.6 Å². The highest BCUT2D eigenvalue weighted by Gasteiger charge is 2.30. The van der Waals surface area contributed by atoms with Crippen molar-refractivity contribution in [2.45, 2.75) is 51.2 Å². The maximum absolute atomic E-state index is 13.1. The van der Waals surface area contributed by atoms with E-state index in [2.05, 4.69) is 9.88 Å². The van der Waals surface area contributed by atoms with Gasteiger partial charge in [-0.1, -0.05) is 12.1 Å². The smallest absolute Gasteiger partial charge is 0.275 e. The van der Waals surface area contributed by atoms with Crippen LogP contribution in [0.15, 0.2) is 34.9 Å². The summed E-state index contributed by atoms with van der Waals surface area (Å²) >= 11 is 0. The molecule has 2 aromatic rings. The fourth-order valence-corrected chi connectivity index (χ4v) is 3.49. The predicted octanol–water partition coefficient (Wildman–Crippen LogP) is 3.60. The van der Waals surface area contributed by atoms with Crippen LogP contribution in [0, 0.1) is 5.82 Å². The standard InChI is InChI=1S/C20H24FN3O2/c21-16-6-4-15(5-7-16)12-24(17-8-9-17)13-19-22-18(14-26-19)20(25)23-10-2-1-3-11-23/h4-7,14,17H,1-3,8-13H2. The molecule has 138 valence electrons. The third-order valence-corrected chi connectivity index (χ3v) is 5.11. The van der Waals surface area contributed by atoms with Crippen molar-refractivity contribution in [3.8, 4) is 0 Å². The zero-order valence-corrected chi connectivity index (χ0v) is 14.9. The molecule has 0 unspecified atom stereocenters. The minimum Gasteiger partial charge on any atom is -0.447 e. The highest BCUT2D eigenvalue weighted by Crippen LogP contribution is 2.30. The van der Waals surface area contributed by atoms with E-state index < -0.39 is 0 Å². The lowest BCUT2D eigenvalue weighted by Crippen LogP contribution is -2.35. The maximum atomic E-state index is 13.1. The maximum Gasteiger partial charge on any atom is 0.275 e. The number of carbonyl (C=O) groups is 1. The second kappa shape index (κ2) is 7.58. The van der Waals surface area contributed by atoms with Crippen LogP contribution in [0.3, 0.4) is 0 Å². The number of hydrogen-bond acceptors (Lipinski definition) is 4. The third kappa shape index (κ3) is 4.12. The van der Waals surface area contributed by atoms with E-state index in [4.69, 9.17) is 4.42 Å². The number of nitrogens with zero attached hydrogens (tertiary/aromatic N) is 3. The van der Waals surface area contributed by atoms with Crippen molar-refractivity contribution in [2.75, 3.05) is 13.1 Å². The van der Waals surface area contributed by atoms with Crippen LogP contribution in [-0.4, -0.2) is 39.8 Å². The van der Waals surface area contributed by atoms with Gasteiger partial charge in [-0.3, -0.25) is 9.69 Å². The average Bonchev–Trinajstić information content (AvgIpc) is 3.42. The predicted molar refractivity (Wildman–Crippen MR) is 94.9 cm³/mol. The van der Waals surface area contributed by atoms with Crippen LogP contribution in [0.1, 0.15) is 54.0 Å². The van der Waals surface area contributed by atoms with Gasteiger partial charge in [0.25, 0.3) is 5.91 Å². The second-order valence-electron chi connectivity index (χ2n) is 7.24. The van der Waals surface area contributed by atoms with E-state index in [1.807, 2.05) is 17.0 Å². The van der Waals surface area contributed by atoms with Gasteiger partial charge < -0.3 is 9.32 Å². The molecule has 4 rings (SSSR count). The molecule has 2 fully saturated rings. The minimum absolute atomic E-state index is 0.0313. The van der Waals surface area contributed by atoms with Gasteiger partial charge in [-0.25, -0.2) is 9.37 Å². The largest absolute Gasteiger partial charge is 0.447 e. The van der Waals surface area contributed by atoms with Crippen LogP contribution in [0.5, 0.6) is 0 Å². The van der Waals surface area contributed by atoms with Crippen molar-refractivity contribution >= 4 is 5.91 Å². The molecule has 6 heteroatoms. The van der Waals surface area contributed by atoms with Crippen molar-refractivity contribution in [1.29, 1.82) is 0 Å². The van der Waals surface area contributed by atoms with E-state index in [9.17, 15) is 9.18 Å². The van der Waals surface area contributed by atoms with E-state index >= 15 is 0 Å². The van der Waals surface area contributed by atoms with Gasteiger partial charge in [0.1, 0.15) is 12.1 Å². The molecule has 0 N–H and O–H groups in total. The average molecular weight is 357 g/mol. The van der Waals surface area contributed by atoms with Crippen LogP contribution in [0.25, 0.3) is 0 Å². The van der Waals surface area contributed by atoms with Crippen molar-refractivity contribution in [2.24, 2.45) is 0 Å². The number of carbonyl (C=O) groups excluding carboxylic acids is 1. The van der Waals surface area contributed by atoms with Crippen LogP contribution >= 0.6 is 0 Å².